The molecule has 0 radical (unpaired) electrons. The molecule has 0 amide bonds. The molecule has 10 nitrogen and oxygen atoms in total. The van der Waals surface area contributed by atoms with Crippen LogP contribution in [0, 0.1) is 11.6 Å². The maximum absolute atomic E-state index is 12.6. The number of aromatic nitrogens is 5. The van der Waals surface area contributed by atoms with Crippen LogP contribution in [0.15, 0.2) is 23.4 Å². The largest absolute Gasteiger partial charge is 0.394 e. The molecule has 36 heavy (non-hydrogen) atoms. The molecule has 0 aliphatic heterocycles. The number of fused-ring (bicyclic) bond motifs is 1. The SMILES string of the molecule is CCCSc1nc(N)c2nnn([C@H]3CC(NO)[C@@H](OCCO)C3)c2n1.Fc1ccc(C2CC2)cc1F. The fraction of sp³-hybridized carbons (Fsp3) is 0.565. The fourth-order valence-corrected chi connectivity index (χ4v) is 4.91. The van der Waals surface area contributed by atoms with Crippen molar-refractivity contribution in [1.29, 1.82) is 0 Å². The Morgan fingerprint density at radius 3 is 2.69 bits per heavy atom. The van der Waals surface area contributed by atoms with Crippen molar-refractivity contribution in [1.82, 2.24) is 30.4 Å². The molecule has 2 aromatic heterocycles. The van der Waals surface area contributed by atoms with Gasteiger partial charge in [0.15, 0.2) is 33.8 Å². The summed E-state index contributed by atoms with van der Waals surface area (Å²) in [6, 6.07) is 3.87. The third-order valence-corrected chi connectivity index (χ3v) is 7.23. The van der Waals surface area contributed by atoms with Crippen molar-refractivity contribution < 1.29 is 23.8 Å². The molecular weight excluding hydrogens is 492 g/mol. The number of nitrogens with zero attached hydrogens (tertiary/aromatic N) is 5. The van der Waals surface area contributed by atoms with Gasteiger partial charge in [0.05, 0.1) is 31.4 Å². The smallest absolute Gasteiger partial charge is 0.191 e. The van der Waals surface area contributed by atoms with Crippen LogP contribution in [0.4, 0.5) is 14.6 Å². The van der Waals surface area contributed by atoms with Gasteiger partial charge in [0.25, 0.3) is 0 Å². The Labute approximate surface area is 211 Å². The number of aliphatic hydroxyl groups excluding tert-OH is 1. The molecule has 13 heteroatoms. The quantitative estimate of drug-likeness (QED) is 0.187. The number of aliphatic hydroxyl groups is 1. The van der Waals surface area contributed by atoms with Gasteiger partial charge in [-0.1, -0.05) is 30.0 Å². The molecule has 3 atom stereocenters. The minimum atomic E-state index is -0.755. The van der Waals surface area contributed by atoms with Gasteiger partial charge in [-0.2, -0.15) is 5.48 Å². The Morgan fingerprint density at radius 2 is 2.03 bits per heavy atom. The highest BCUT2D eigenvalue weighted by molar-refractivity contribution is 7.99. The third-order valence-electron chi connectivity index (χ3n) is 6.17. The Balaban J connectivity index is 0.000000229. The van der Waals surface area contributed by atoms with Crippen molar-refractivity contribution in [2.75, 3.05) is 24.7 Å². The van der Waals surface area contributed by atoms with E-state index in [4.69, 9.17) is 15.6 Å². The molecule has 2 aliphatic rings. The number of hydroxylamine groups is 1. The molecule has 5 rings (SSSR count). The molecule has 2 heterocycles. The molecule has 2 aliphatic carbocycles. The van der Waals surface area contributed by atoms with Crippen molar-refractivity contribution in [3.8, 4) is 0 Å². The second-order valence-corrected chi connectivity index (χ2v) is 9.95. The Morgan fingerprint density at radius 1 is 1.22 bits per heavy atom. The molecule has 5 N–H and O–H groups in total. The first-order valence-corrected chi connectivity index (χ1v) is 13.0. The first-order chi connectivity index (χ1) is 17.4. The third kappa shape index (κ3) is 6.27. The van der Waals surface area contributed by atoms with Crippen LogP contribution in [-0.4, -0.2) is 66.4 Å². The lowest BCUT2D eigenvalue weighted by atomic mass is 10.1. The number of anilines is 1. The zero-order valence-electron chi connectivity index (χ0n) is 20.0. The Hall–Kier alpha value is -2.45. The van der Waals surface area contributed by atoms with E-state index in [9.17, 15) is 14.0 Å². The van der Waals surface area contributed by atoms with Gasteiger partial charge in [-0.05, 0) is 55.7 Å². The number of ether oxygens (including phenoxy) is 1. The lowest BCUT2D eigenvalue weighted by molar-refractivity contribution is -0.0124. The van der Waals surface area contributed by atoms with Gasteiger partial charge in [0, 0.05) is 5.75 Å². The fourth-order valence-electron chi connectivity index (χ4n) is 4.21. The maximum atomic E-state index is 12.6. The summed E-state index contributed by atoms with van der Waals surface area (Å²) in [5.74, 6) is 0.232. The van der Waals surface area contributed by atoms with E-state index in [1.165, 1.54) is 12.1 Å². The number of halogens is 2. The van der Waals surface area contributed by atoms with Gasteiger partial charge in [-0.25, -0.2) is 23.4 Å². The molecule has 3 aromatic rings. The van der Waals surface area contributed by atoms with Crippen LogP contribution in [-0.2, 0) is 4.74 Å². The summed E-state index contributed by atoms with van der Waals surface area (Å²) in [4.78, 5) is 8.84. The van der Waals surface area contributed by atoms with Crippen molar-refractivity contribution in [3.05, 3.63) is 35.4 Å². The Kier molecular flexibility index (Phi) is 9.01. The van der Waals surface area contributed by atoms with Crippen LogP contribution >= 0.6 is 11.8 Å². The first-order valence-electron chi connectivity index (χ1n) is 12.0. The van der Waals surface area contributed by atoms with Crippen molar-refractivity contribution in [2.45, 2.75) is 68.3 Å². The minimum absolute atomic E-state index is 0.0448. The summed E-state index contributed by atoms with van der Waals surface area (Å²) < 4.78 is 32.3. The lowest BCUT2D eigenvalue weighted by Crippen LogP contribution is -2.35. The van der Waals surface area contributed by atoms with Crippen LogP contribution < -0.4 is 11.2 Å². The van der Waals surface area contributed by atoms with Gasteiger partial charge in [-0.3, -0.25) is 0 Å². The zero-order chi connectivity index (χ0) is 25.7. The number of nitrogens with one attached hydrogen (secondary N) is 1. The molecule has 196 valence electrons. The summed E-state index contributed by atoms with van der Waals surface area (Å²) in [5, 5.41) is 27.2. The molecule has 1 aromatic carbocycles. The Bertz CT molecular complexity index is 1160. The molecule has 2 fully saturated rings. The number of hydrogen-bond acceptors (Lipinski definition) is 10. The number of benzene rings is 1. The average molecular weight is 524 g/mol. The highest BCUT2D eigenvalue weighted by Gasteiger charge is 2.37. The van der Waals surface area contributed by atoms with Gasteiger partial charge >= 0.3 is 0 Å². The van der Waals surface area contributed by atoms with E-state index >= 15 is 0 Å². The number of hydrogen-bond donors (Lipinski definition) is 4. The molecule has 0 bridgehead atoms. The molecular formula is C23H31F2N7O3S. The van der Waals surface area contributed by atoms with E-state index in [-0.39, 0.29) is 31.4 Å². The van der Waals surface area contributed by atoms with E-state index in [0.29, 0.717) is 40.9 Å². The minimum Gasteiger partial charge on any atom is -0.394 e. The predicted molar refractivity (Wildman–Crippen MR) is 131 cm³/mol. The van der Waals surface area contributed by atoms with Crippen LogP contribution in [0.5, 0.6) is 0 Å². The maximum Gasteiger partial charge on any atom is 0.191 e. The summed E-state index contributed by atoms with van der Waals surface area (Å²) in [6.45, 7) is 2.25. The van der Waals surface area contributed by atoms with Gasteiger partial charge in [-0.15, -0.1) is 5.10 Å². The van der Waals surface area contributed by atoms with Crippen molar-refractivity contribution in [2.24, 2.45) is 0 Å². The summed E-state index contributed by atoms with van der Waals surface area (Å²) in [6.07, 6.45) is 4.25. The summed E-state index contributed by atoms with van der Waals surface area (Å²) in [5.41, 5.74) is 10.3. The normalized spacial score (nSPS) is 21.5. The number of nitrogens with two attached hydrogens (primary N) is 1. The second-order valence-electron chi connectivity index (χ2n) is 8.89. The zero-order valence-corrected chi connectivity index (χ0v) is 20.8. The summed E-state index contributed by atoms with van der Waals surface area (Å²) >= 11 is 1.54. The average Bonchev–Trinajstić information content (AvgIpc) is 3.51. The lowest BCUT2D eigenvalue weighted by Gasteiger charge is -2.17. The van der Waals surface area contributed by atoms with E-state index < -0.39 is 11.6 Å². The molecule has 1 unspecified atom stereocenters. The monoisotopic (exact) mass is 523 g/mol. The number of thioether (sulfide) groups is 1. The molecule has 0 saturated heterocycles. The second kappa shape index (κ2) is 12.2. The highest BCUT2D eigenvalue weighted by atomic mass is 32.2. The van der Waals surface area contributed by atoms with E-state index in [2.05, 4.69) is 32.7 Å². The highest BCUT2D eigenvalue weighted by Crippen LogP contribution is 2.40. The van der Waals surface area contributed by atoms with Crippen LogP contribution in [0.1, 0.15) is 56.6 Å². The van der Waals surface area contributed by atoms with Gasteiger partial charge < -0.3 is 20.8 Å². The number of rotatable bonds is 9. The first kappa shape index (κ1) is 26.6. The van der Waals surface area contributed by atoms with Crippen LogP contribution in [0.2, 0.25) is 0 Å². The molecule has 0 spiro atoms. The topological polar surface area (TPSA) is 144 Å². The predicted octanol–water partition coefficient (Wildman–Crippen LogP) is 3.21. The summed E-state index contributed by atoms with van der Waals surface area (Å²) in [7, 11) is 0. The van der Waals surface area contributed by atoms with E-state index in [0.717, 1.165) is 30.6 Å². The van der Waals surface area contributed by atoms with Crippen LogP contribution in [0.3, 0.4) is 0 Å². The van der Waals surface area contributed by atoms with E-state index in [1.54, 1.807) is 22.5 Å². The molecule has 2 saturated carbocycles. The van der Waals surface area contributed by atoms with Crippen LogP contribution in [0.25, 0.3) is 11.2 Å². The van der Waals surface area contributed by atoms with Crippen molar-refractivity contribution >= 4 is 28.7 Å². The van der Waals surface area contributed by atoms with Gasteiger partial charge in [0.1, 0.15) is 0 Å². The standard InChI is InChI=1S/C14H23N7O3S.C9H8F2/c1-2-5-25-14-16-12(15)11-13(17-14)21(20-18-11)8-6-9(19-23)10(7-8)24-4-3-22;10-8-4-3-7(5-9(8)11)6-1-2-6/h8-10,19,22-23H,2-7H2,1H3,(H2,15,16,17);3-6H,1-2H2/t8-,9?,10-;/m0./s1. The van der Waals surface area contributed by atoms with Gasteiger partial charge in [0.2, 0.25) is 0 Å². The van der Waals surface area contributed by atoms with Crippen molar-refractivity contribution in [3.63, 3.8) is 0 Å². The van der Waals surface area contributed by atoms with E-state index in [1.807, 2.05) is 0 Å². The number of nitrogen functional groups attached to an aromatic ring is 1.